The summed E-state index contributed by atoms with van der Waals surface area (Å²) in [4.78, 5) is 0. The van der Waals surface area contributed by atoms with Crippen LogP contribution in [0.1, 0.15) is 35.9 Å². The van der Waals surface area contributed by atoms with E-state index in [1.165, 1.54) is 37.5 Å². The first-order valence-corrected chi connectivity index (χ1v) is 14.5. The number of thiazole rings is 1. The number of hydrogen-bond donors (Lipinski definition) is 0. The first-order valence-electron chi connectivity index (χ1n) is 12.5. The second-order valence-electron chi connectivity index (χ2n) is 8.95. The SMILES string of the molecule is CC[n+]1c(/C=C/C2=C3OC(c4ccccc4)=CC(c4ccccc4)=C3CC2)sc2ccccc21.[O-][Cl+3]([O-])([O-])[O-]. The molecule has 2 heterocycles. The topological polar surface area (TPSA) is 105 Å². The molecule has 0 saturated heterocycles. The summed E-state index contributed by atoms with van der Waals surface area (Å²) in [7, 11) is -4.94. The van der Waals surface area contributed by atoms with Crippen molar-refractivity contribution in [2.24, 2.45) is 0 Å². The zero-order valence-corrected chi connectivity index (χ0v) is 22.8. The zero-order valence-electron chi connectivity index (χ0n) is 21.2. The zero-order chi connectivity index (χ0) is 27.4. The Kier molecular flexibility index (Phi) is 8.09. The summed E-state index contributed by atoms with van der Waals surface area (Å²) in [5.41, 5.74) is 7.50. The van der Waals surface area contributed by atoms with Crippen molar-refractivity contribution in [3.63, 3.8) is 0 Å². The van der Waals surface area contributed by atoms with Crippen LogP contribution in [0.5, 0.6) is 0 Å². The van der Waals surface area contributed by atoms with Gasteiger partial charge in [-0.2, -0.15) is 4.57 Å². The van der Waals surface area contributed by atoms with Crippen LogP contribution in [0.25, 0.3) is 27.6 Å². The van der Waals surface area contributed by atoms with Crippen LogP contribution in [0.15, 0.2) is 114 Å². The van der Waals surface area contributed by atoms with Gasteiger partial charge in [-0.1, -0.05) is 84.1 Å². The molecule has 1 aliphatic heterocycles. The van der Waals surface area contributed by atoms with Crippen LogP contribution in [0.2, 0.25) is 0 Å². The third kappa shape index (κ3) is 6.37. The number of aromatic nitrogens is 1. The summed E-state index contributed by atoms with van der Waals surface area (Å²) in [6.07, 6.45) is 8.75. The Hall–Kier alpha value is -3.56. The van der Waals surface area contributed by atoms with Gasteiger partial charge in [-0.15, -0.1) is 10.2 Å². The van der Waals surface area contributed by atoms with Crippen molar-refractivity contribution in [2.75, 3.05) is 0 Å². The van der Waals surface area contributed by atoms with Crippen LogP contribution in [-0.4, -0.2) is 0 Å². The van der Waals surface area contributed by atoms with Crippen molar-refractivity contribution in [3.8, 4) is 0 Å². The molecule has 2 aliphatic rings. The van der Waals surface area contributed by atoms with Crippen LogP contribution < -0.4 is 23.2 Å². The number of nitrogens with zero attached hydrogens (tertiary/aromatic N) is 1. The summed E-state index contributed by atoms with van der Waals surface area (Å²) < 4.78 is 44.3. The van der Waals surface area contributed by atoms with Crippen molar-refractivity contribution >= 4 is 39.0 Å². The maximum Gasteiger partial charge on any atom is 0.262 e. The van der Waals surface area contributed by atoms with E-state index in [2.05, 4.69) is 109 Å². The number of ether oxygens (including phenoxy) is 1. The molecule has 0 radical (unpaired) electrons. The fourth-order valence-corrected chi connectivity index (χ4v) is 6.00. The van der Waals surface area contributed by atoms with E-state index < -0.39 is 10.2 Å². The molecule has 1 aliphatic carbocycles. The average Bonchev–Trinajstić information content (AvgIpc) is 3.52. The van der Waals surface area contributed by atoms with E-state index in [1.54, 1.807) is 0 Å². The number of rotatable bonds is 5. The Labute approximate surface area is 233 Å². The van der Waals surface area contributed by atoms with Crippen molar-refractivity contribution in [1.29, 1.82) is 0 Å². The fraction of sp³-hybridized carbons (Fsp3) is 0.129. The molecule has 0 bridgehead atoms. The minimum absolute atomic E-state index is 0.913. The molecule has 0 saturated carbocycles. The number of para-hydroxylation sites is 1. The number of aryl methyl sites for hydroxylation is 1. The Morgan fingerprint density at radius 2 is 1.44 bits per heavy atom. The molecule has 0 fully saturated rings. The van der Waals surface area contributed by atoms with E-state index in [4.69, 9.17) is 23.4 Å². The van der Waals surface area contributed by atoms with Gasteiger partial charge in [0, 0.05) is 23.3 Å². The molecule has 1 aromatic heterocycles. The third-order valence-corrected chi connectivity index (χ3v) is 7.68. The summed E-state index contributed by atoms with van der Waals surface area (Å²) in [6.45, 7) is 3.17. The standard InChI is InChI=1S/C31H26NOS.ClHO4/c1-2-32-27-15-9-10-16-29(27)34-30(32)20-18-24-17-19-25-26(22-11-5-3-6-12-22)21-28(33-31(24)25)23-13-7-4-8-14-23;2-1(3,4)5/h3-16,18,20-21H,2,17,19H2,1H3;(H,2,3,4,5)/q+1;/p-1/b20-18+;. The van der Waals surface area contributed by atoms with E-state index in [0.29, 0.717) is 0 Å². The minimum Gasteiger partial charge on any atom is -0.456 e. The molecule has 4 aromatic rings. The third-order valence-electron chi connectivity index (χ3n) is 6.55. The first-order chi connectivity index (χ1) is 18.8. The molecule has 6 rings (SSSR count). The Balaban J connectivity index is 0.000000567. The largest absolute Gasteiger partial charge is 0.456 e. The highest BCUT2D eigenvalue weighted by atomic mass is 35.7. The summed E-state index contributed by atoms with van der Waals surface area (Å²) in [6, 6.07) is 29.7. The molecule has 198 valence electrons. The molecule has 0 atom stereocenters. The monoisotopic (exact) mass is 559 g/mol. The predicted molar refractivity (Wildman–Crippen MR) is 142 cm³/mol. The Morgan fingerprint density at radius 3 is 2.10 bits per heavy atom. The second kappa shape index (κ2) is 11.7. The molecule has 8 heteroatoms. The number of hydrogen-bond acceptors (Lipinski definition) is 6. The van der Waals surface area contributed by atoms with E-state index in [-0.39, 0.29) is 0 Å². The molecule has 6 nitrogen and oxygen atoms in total. The fourth-order valence-electron chi connectivity index (χ4n) is 4.88. The van der Waals surface area contributed by atoms with Gasteiger partial charge in [0.05, 0.1) is 0 Å². The molecule has 0 spiro atoms. The Morgan fingerprint density at radius 1 is 0.821 bits per heavy atom. The molecular formula is C31H26ClNO5S. The molecule has 0 unspecified atom stereocenters. The van der Waals surface area contributed by atoms with Gasteiger partial charge in [-0.05, 0) is 54.7 Å². The number of halogens is 1. The number of benzene rings is 3. The van der Waals surface area contributed by atoms with Crippen molar-refractivity contribution < 1.29 is 38.2 Å². The second-order valence-corrected chi connectivity index (χ2v) is 10.8. The lowest BCUT2D eigenvalue weighted by Crippen LogP contribution is -2.68. The highest BCUT2D eigenvalue weighted by Gasteiger charge is 2.29. The van der Waals surface area contributed by atoms with Crippen molar-refractivity contribution in [3.05, 3.63) is 130 Å². The summed E-state index contributed by atoms with van der Waals surface area (Å²) in [5, 5.41) is 1.27. The van der Waals surface area contributed by atoms with E-state index in [9.17, 15) is 0 Å². The highest BCUT2D eigenvalue weighted by molar-refractivity contribution is 7.18. The van der Waals surface area contributed by atoms with Gasteiger partial charge in [0.2, 0.25) is 5.52 Å². The molecule has 0 N–H and O–H groups in total. The lowest BCUT2D eigenvalue weighted by atomic mass is 9.95. The van der Waals surface area contributed by atoms with Gasteiger partial charge in [0.15, 0.2) is 0 Å². The lowest BCUT2D eigenvalue weighted by Gasteiger charge is -2.22. The smallest absolute Gasteiger partial charge is 0.262 e. The first kappa shape index (κ1) is 27.0. The Bertz CT molecular complexity index is 1590. The number of fused-ring (bicyclic) bond motifs is 2. The predicted octanol–water partition coefficient (Wildman–Crippen LogP) is 3.04. The van der Waals surface area contributed by atoms with Crippen LogP contribution in [0, 0.1) is 10.2 Å². The van der Waals surface area contributed by atoms with Gasteiger partial charge < -0.3 is 4.74 Å². The van der Waals surface area contributed by atoms with Crippen LogP contribution in [-0.2, 0) is 11.3 Å². The minimum atomic E-state index is -4.94. The molecule has 3 aromatic carbocycles. The van der Waals surface area contributed by atoms with Gasteiger partial charge in [0.25, 0.3) is 5.01 Å². The highest BCUT2D eigenvalue weighted by Crippen LogP contribution is 2.45. The summed E-state index contributed by atoms with van der Waals surface area (Å²) in [5.74, 6) is 1.94. The molecule has 0 amide bonds. The van der Waals surface area contributed by atoms with Gasteiger partial charge in [-0.25, -0.2) is 18.6 Å². The average molecular weight is 560 g/mol. The quantitative estimate of drug-likeness (QED) is 0.349. The van der Waals surface area contributed by atoms with Crippen LogP contribution in [0.3, 0.4) is 0 Å². The van der Waals surface area contributed by atoms with E-state index in [0.717, 1.165) is 36.5 Å². The van der Waals surface area contributed by atoms with Gasteiger partial charge in [-0.3, -0.25) is 0 Å². The number of allylic oxidation sites excluding steroid dienone is 5. The summed E-state index contributed by atoms with van der Waals surface area (Å²) >= 11 is 1.85. The van der Waals surface area contributed by atoms with Gasteiger partial charge in [0.1, 0.15) is 22.8 Å². The molecule has 39 heavy (non-hydrogen) atoms. The maximum absolute atomic E-state index is 8.49. The van der Waals surface area contributed by atoms with Gasteiger partial charge >= 0.3 is 0 Å². The lowest BCUT2D eigenvalue weighted by molar-refractivity contribution is -2.00. The van der Waals surface area contributed by atoms with E-state index >= 15 is 0 Å². The van der Waals surface area contributed by atoms with Crippen molar-refractivity contribution in [2.45, 2.75) is 26.3 Å². The van der Waals surface area contributed by atoms with E-state index in [1.807, 2.05) is 17.4 Å². The van der Waals surface area contributed by atoms with Crippen LogP contribution in [0.4, 0.5) is 0 Å². The molecular weight excluding hydrogens is 534 g/mol. The van der Waals surface area contributed by atoms with Crippen LogP contribution >= 0.6 is 11.3 Å². The van der Waals surface area contributed by atoms with Crippen molar-refractivity contribution in [1.82, 2.24) is 0 Å². The maximum atomic E-state index is 8.49. The normalized spacial score (nSPS) is 15.3.